The Morgan fingerprint density at radius 2 is 1.96 bits per heavy atom. The summed E-state index contributed by atoms with van der Waals surface area (Å²) in [6, 6.07) is 8.21. The molecule has 0 bridgehead atoms. The van der Waals surface area contributed by atoms with Gasteiger partial charge >= 0.3 is 12.1 Å². The van der Waals surface area contributed by atoms with Gasteiger partial charge in [-0.15, -0.1) is 6.58 Å². The Bertz CT molecular complexity index is 640. The third-order valence-corrected chi connectivity index (χ3v) is 3.91. The summed E-state index contributed by atoms with van der Waals surface area (Å²) in [5, 5.41) is 0. The molecule has 0 spiro atoms. The first-order valence-corrected chi connectivity index (χ1v) is 7.66. The summed E-state index contributed by atoms with van der Waals surface area (Å²) in [6.45, 7) is 5.47. The van der Waals surface area contributed by atoms with Gasteiger partial charge in [0.05, 0.1) is 19.6 Å². The van der Waals surface area contributed by atoms with Crippen LogP contribution in [0.3, 0.4) is 0 Å². The monoisotopic (exact) mass is 331 g/mol. The highest BCUT2D eigenvalue weighted by Gasteiger charge is 2.48. The van der Waals surface area contributed by atoms with Crippen molar-refractivity contribution >= 4 is 17.8 Å². The van der Waals surface area contributed by atoms with Gasteiger partial charge in [0.1, 0.15) is 12.6 Å². The van der Waals surface area contributed by atoms with E-state index in [2.05, 4.69) is 6.58 Å². The van der Waals surface area contributed by atoms with Crippen molar-refractivity contribution < 1.29 is 23.9 Å². The van der Waals surface area contributed by atoms with Gasteiger partial charge in [-0.25, -0.2) is 9.59 Å². The van der Waals surface area contributed by atoms with Crippen molar-refractivity contribution in [1.82, 2.24) is 4.90 Å². The summed E-state index contributed by atoms with van der Waals surface area (Å²) in [5.74, 6) is -1.45. The average Bonchev–Trinajstić information content (AvgIpc) is 2.89. The SMILES string of the molecule is C=C(C)CC1C(=O)CN(C(=O)OCc2ccccc2)[C@@H]1C(=O)OC. The number of carbonyl (C=O) groups excluding carboxylic acids is 3. The number of hydrogen-bond donors (Lipinski definition) is 0. The van der Waals surface area contributed by atoms with E-state index in [9.17, 15) is 14.4 Å². The number of rotatable bonds is 5. The summed E-state index contributed by atoms with van der Waals surface area (Å²) < 4.78 is 10.0. The molecule has 2 rings (SSSR count). The summed E-state index contributed by atoms with van der Waals surface area (Å²) in [4.78, 5) is 37.8. The van der Waals surface area contributed by atoms with Gasteiger partial charge < -0.3 is 9.47 Å². The van der Waals surface area contributed by atoms with Crippen LogP contribution in [0.15, 0.2) is 42.5 Å². The van der Waals surface area contributed by atoms with Crippen LogP contribution in [-0.4, -0.2) is 42.4 Å². The van der Waals surface area contributed by atoms with Crippen molar-refractivity contribution in [1.29, 1.82) is 0 Å². The van der Waals surface area contributed by atoms with E-state index < -0.39 is 24.0 Å². The van der Waals surface area contributed by atoms with E-state index in [-0.39, 0.29) is 18.9 Å². The lowest BCUT2D eigenvalue weighted by molar-refractivity contribution is -0.147. The molecule has 6 heteroatoms. The van der Waals surface area contributed by atoms with Crippen LogP contribution in [-0.2, 0) is 25.7 Å². The zero-order valence-corrected chi connectivity index (χ0v) is 13.9. The zero-order valence-electron chi connectivity index (χ0n) is 13.9. The van der Waals surface area contributed by atoms with E-state index >= 15 is 0 Å². The summed E-state index contributed by atoms with van der Waals surface area (Å²) >= 11 is 0. The topological polar surface area (TPSA) is 72.9 Å². The Labute approximate surface area is 141 Å². The second kappa shape index (κ2) is 7.77. The molecule has 0 aromatic heterocycles. The largest absolute Gasteiger partial charge is 0.467 e. The molecule has 0 N–H and O–H groups in total. The predicted molar refractivity (Wildman–Crippen MR) is 87.1 cm³/mol. The molecule has 1 aliphatic heterocycles. The number of ketones is 1. The van der Waals surface area contributed by atoms with Gasteiger partial charge in [-0.05, 0) is 18.9 Å². The van der Waals surface area contributed by atoms with E-state index in [0.717, 1.165) is 16.0 Å². The van der Waals surface area contributed by atoms with Crippen LogP contribution in [0, 0.1) is 5.92 Å². The van der Waals surface area contributed by atoms with E-state index in [4.69, 9.17) is 9.47 Å². The maximum atomic E-state index is 12.3. The lowest BCUT2D eigenvalue weighted by Gasteiger charge is -2.24. The van der Waals surface area contributed by atoms with Gasteiger partial charge in [0, 0.05) is 0 Å². The molecular weight excluding hydrogens is 310 g/mol. The summed E-state index contributed by atoms with van der Waals surface area (Å²) in [6.07, 6.45) is -0.368. The summed E-state index contributed by atoms with van der Waals surface area (Å²) in [7, 11) is 1.23. The van der Waals surface area contributed by atoms with Gasteiger partial charge in [0.2, 0.25) is 0 Å². The second-order valence-electron chi connectivity index (χ2n) is 5.87. The fourth-order valence-corrected chi connectivity index (χ4v) is 2.77. The van der Waals surface area contributed by atoms with Crippen LogP contribution in [0.2, 0.25) is 0 Å². The first kappa shape index (κ1) is 17.7. The Morgan fingerprint density at radius 3 is 2.54 bits per heavy atom. The molecule has 1 fully saturated rings. The molecule has 0 saturated carbocycles. The number of ether oxygens (including phenoxy) is 2. The number of Topliss-reactive ketones (excluding diaryl/α,β-unsaturated/α-hetero) is 1. The first-order chi connectivity index (χ1) is 11.4. The fourth-order valence-electron chi connectivity index (χ4n) is 2.77. The fraction of sp³-hybridized carbons (Fsp3) is 0.389. The van der Waals surface area contributed by atoms with Crippen molar-refractivity contribution in [2.45, 2.75) is 26.0 Å². The molecular formula is C18H21NO5. The number of likely N-dealkylation sites (tertiary alicyclic amines) is 1. The van der Waals surface area contributed by atoms with E-state index in [1.54, 1.807) is 6.92 Å². The smallest absolute Gasteiger partial charge is 0.411 e. The first-order valence-electron chi connectivity index (χ1n) is 7.66. The van der Waals surface area contributed by atoms with Crippen LogP contribution < -0.4 is 0 Å². The third-order valence-electron chi connectivity index (χ3n) is 3.91. The number of carbonyl (C=O) groups is 3. The average molecular weight is 331 g/mol. The van der Waals surface area contributed by atoms with Gasteiger partial charge in [-0.1, -0.05) is 35.9 Å². The number of esters is 1. The minimum atomic E-state index is -0.970. The van der Waals surface area contributed by atoms with Crippen LogP contribution in [0.5, 0.6) is 0 Å². The summed E-state index contributed by atoms with van der Waals surface area (Å²) in [5.41, 5.74) is 1.59. The molecule has 1 unspecified atom stereocenters. The van der Waals surface area contributed by atoms with Gasteiger partial charge in [0.25, 0.3) is 0 Å². The Kier molecular flexibility index (Phi) is 5.73. The molecule has 2 atom stereocenters. The lowest BCUT2D eigenvalue weighted by atomic mass is 9.92. The molecule has 24 heavy (non-hydrogen) atoms. The predicted octanol–water partition coefficient (Wildman–Crippen LogP) is 2.33. The normalized spacial score (nSPS) is 19.9. The maximum absolute atomic E-state index is 12.3. The van der Waals surface area contributed by atoms with Gasteiger partial charge in [0.15, 0.2) is 5.78 Å². The van der Waals surface area contributed by atoms with Crippen molar-refractivity contribution in [3.63, 3.8) is 0 Å². The zero-order chi connectivity index (χ0) is 17.7. The van der Waals surface area contributed by atoms with E-state index in [1.165, 1.54) is 7.11 Å². The number of amides is 1. The Balaban J connectivity index is 2.11. The molecule has 0 aliphatic carbocycles. The minimum absolute atomic E-state index is 0.0728. The van der Waals surface area contributed by atoms with Crippen LogP contribution in [0.25, 0.3) is 0 Å². The number of hydrogen-bond acceptors (Lipinski definition) is 5. The molecule has 1 aromatic rings. The molecule has 1 aliphatic rings. The van der Waals surface area contributed by atoms with Gasteiger partial charge in [-0.2, -0.15) is 0 Å². The number of nitrogens with zero attached hydrogens (tertiary/aromatic N) is 1. The molecule has 0 radical (unpaired) electrons. The number of allylic oxidation sites excluding steroid dienone is 1. The Hall–Kier alpha value is -2.63. The van der Waals surface area contributed by atoms with Crippen molar-refractivity contribution in [2.24, 2.45) is 5.92 Å². The molecule has 1 saturated heterocycles. The molecule has 1 heterocycles. The molecule has 6 nitrogen and oxygen atoms in total. The standard InChI is InChI=1S/C18H21NO5/c1-12(2)9-14-15(20)10-19(16(14)17(21)23-3)18(22)24-11-13-7-5-4-6-8-13/h4-8,14,16H,1,9-11H2,2-3H3/t14?,16-/m0/s1. The maximum Gasteiger partial charge on any atom is 0.411 e. The van der Waals surface area contributed by atoms with E-state index in [0.29, 0.717) is 6.42 Å². The highest BCUT2D eigenvalue weighted by atomic mass is 16.6. The highest BCUT2D eigenvalue weighted by molar-refractivity contribution is 5.97. The van der Waals surface area contributed by atoms with Gasteiger partial charge in [-0.3, -0.25) is 9.69 Å². The van der Waals surface area contributed by atoms with Crippen LogP contribution >= 0.6 is 0 Å². The lowest BCUT2D eigenvalue weighted by Crippen LogP contribution is -2.44. The molecule has 128 valence electrons. The molecule has 1 aromatic carbocycles. The van der Waals surface area contributed by atoms with Crippen molar-refractivity contribution in [3.8, 4) is 0 Å². The number of methoxy groups -OCH3 is 1. The van der Waals surface area contributed by atoms with E-state index in [1.807, 2.05) is 30.3 Å². The van der Waals surface area contributed by atoms with Crippen LogP contribution in [0.1, 0.15) is 18.9 Å². The van der Waals surface area contributed by atoms with Crippen molar-refractivity contribution in [2.75, 3.05) is 13.7 Å². The third kappa shape index (κ3) is 4.01. The second-order valence-corrected chi connectivity index (χ2v) is 5.87. The quantitative estimate of drug-likeness (QED) is 0.611. The highest BCUT2D eigenvalue weighted by Crippen LogP contribution is 2.28. The molecule has 1 amide bonds. The van der Waals surface area contributed by atoms with Crippen molar-refractivity contribution in [3.05, 3.63) is 48.0 Å². The minimum Gasteiger partial charge on any atom is -0.467 e. The Morgan fingerprint density at radius 1 is 1.29 bits per heavy atom. The number of benzene rings is 1. The van der Waals surface area contributed by atoms with Crippen LogP contribution in [0.4, 0.5) is 4.79 Å².